The molecule has 0 aromatic heterocycles. The van der Waals surface area contributed by atoms with Crippen LogP contribution >= 0.6 is 0 Å². The van der Waals surface area contributed by atoms with Crippen LogP contribution in [0.15, 0.2) is 0 Å². The molecular formula is C15H27N3O3. The highest BCUT2D eigenvalue weighted by Crippen LogP contribution is 2.35. The second-order valence-corrected chi connectivity index (χ2v) is 6.43. The van der Waals surface area contributed by atoms with E-state index >= 15 is 0 Å². The van der Waals surface area contributed by atoms with E-state index in [-0.39, 0.29) is 6.03 Å². The number of hydrogen-bond donors (Lipinski definition) is 1. The number of carboxylic acid groups (broad SMARTS) is 1. The lowest BCUT2D eigenvalue weighted by atomic mass is 9.76. The SMILES string of the molecule is CCCC1(C(=O)O)CCCN(C(=O)N2CCN(C)CC2)C1. The number of rotatable bonds is 3. The molecule has 0 aromatic rings. The molecule has 0 spiro atoms. The van der Waals surface area contributed by atoms with E-state index in [9.17, 15) is 14.7 Å². The van der Waals surface area contributed by atoms with Gasteiger partial charge in [0.2, 0.25) is 0 Å². The van der Waals surface area contributed by atoms with E-state index in [0.717, 1.165) is 39.0 Å². The predicted molar refractivity (Wildman–Crippen MR) is 80.2 cm³/mol. The molecule has 6 heteroatoms. The first-order chi connectivity index (χ1) is 9.98. The van der Waals surface area contributed by atoms with Crippen molar-refractivity contribution in [2.75, 3.05) is 46.3 Å². The van der Waals surface area contributed by atoms with Crippen LogP contribution in [0.1, 0.15) is 32.6 Å². The van der Waals surface area contributed by atoms with Gasteiger partial charge in [-0.2, -0.15) is 0 Å². The van der Waals surface area contributed by atoms with E-state index < -0.39 is 11.4 Å². The molecule has 2 rings (SSSR count). The molecule has 6 nitrogen and oxygen atoms in total. The van der Waals surface area contributed by atoms with Gasteiger partial charge in [-0.05, 0) is 26.3 Å². The highest BCUT2D eigenvalue weighted by Gasteiger charge is 2.43. The molecule has 0 radical (unpaired) electrons. The van der Waals surface area contributed by atoms with Crippen LogP contribution in [0, 0.1) is 5.41 Å². The smallest absolute Gasteiger partial charge is 0.320 e. The van der Waals surface area contributed by atoms with Crippen LogP contribution in [0.5, 0.6) is 0 Å². The highest BCUT2D eigenvalue weighted by atomic mass is 16.4. The number of aliphatic carboxylic acids is 1. The third-order valence-electron chi connectivity index (χ3n) is 4.80. The predicted octanol–water partition coefficient (Wildman–Crippen LogP) is 1.32. The summed E-state index contributed by atoms with van der Waals surface area (Å²) >= 11 is 0. The number of amides is 2. The van der Waals surface area contributed by atoms with E-state index in [0.29, 0.717) is 25.9 Å². The van der Waals surface area contributed by atoms with Gasteiger partial charge in [0, 0.05) is 39.3 Å². The quantitative estimate of drug-likeness (QED) is 0.853. The summed E-state index contributed by atoms with van der Waals surface area (Å²) in [5, 5.41) is 9.61. The maximum absolute atomic E-state index is 12.6. The molecule has 2 aliphatic heterocycles. The first kappa shape index (κ1) is 16.1. The molecule has 0 aromatic carbocycles. The molecule has 2 fully saturated rings. The van der Waals surface area contributed by atoms with Gasteiger partial charge in [0.05, 0.1) is 5.41 Å². The second-order valence-electron chi connectivity index (χ2n) is 6.43. The third-order valence-corrected chi connectivity index (χ3v) is 4.80. The van der Waals surface area contributed by atoms with Crippen molar-refractivity contribution in [2.45, 2.75) is 32.6 Å². The summed E-state index contributed by atoms with van der Waals surface area (Å²) in [5.41, 5.74) is -0.741. The van der Waals surface area contributed by atoms with Crippen LogP contribution in [0.4, 0.5) is 4.79 Å². The Bertz CT molecular complexity index is 390. The molecule has 120 valence electrons. The lowest BCUT2D eigenvalue weighted by Crippen LogP contribution is -2.56. The fourth-order valence-electron chi connectivity index (χ4n) is 3.46. The van der Waals surface area contributed by atoms with Crippen LogP contribution < -0.4 is 0 Å². The lowest BCUT2D eigenvalue weighted by Gasteiger charge is -2.43. The summed E-state index contributed by atoms with van der Waals surface area (Å²) in [6, 6.07) is 0.0181. The molecule has 1 atom stereocenters. The summed E-state index contributed by atoms with van der Waals surface area (Å²) < 4.78 is 0. The molecule has 2 heterocycles. The van der Waals surface area contributed by atoms with E-state index in [1.807, 2.05) is 11.8 Å². The minimum Gasteiger partial charge on any atom is -0.481 e. The number of likely N-dealkylation sites (tertiary alicyclic amines) is 1. The van der Waals surface area contributed by atoms with Gasteiger partial charge in [0.15, 0.2) is 0 Å². The zero-order chi connectivity index (χ0) is 15.5. The number of nitrogens with zero attached hydrogens (tertiary/aromatic N) is 3. The van der Waals surface area contributed by atoms with E-state index in [1.54, 1.807) is 4.90 Å². The van der Waals surface area contributed by atoms with Gasteiger partial charge in [-0.3, -0.25) is 4.79 Å². The summed E-state index contributed by atoms with van der Waals surface area (Å²) in [7, 11) is 2.05. The fourth-order valence-corrected chi connectivity index (χ4v) is 3.46. The van der Waals surface area contributed by atoms with Crippen molar-refractivity contribution < 1.29 is 14.7 Å². The Morgan fingerprint density at radius 2 is 1.76 bits per heavy atom. The molecule has 2 amide bonds. The zero-order valence-electron chi connectivity index (χ0n) is 13.2. The fraction of sp³-hybridized carbons (Fsp3) is 0.867. The Labute approximate surface area is 126 Å². The third kappa shape index (κ3) is 3.48. The van der Waals surface area contributed by atoms with Gasteiger partial charge in [0.25, 0.3) is 0 Å². The number of piperidine rings is 1. The second kappa shape index (κ2) is 6.64. The maximum Gasteiger partial charge on any atom is 0.320 e. The van der Waals surface area contributed by atoms with E-state index in [2.05, 4.69) is 11.9 Å². The summed E-state index contributed by atoms with van der Waals surface area (Å²) in [4.78, 5) is 30.1. The van der Waals surface area contributed by atoms with Crippen LogP contribution in [0.3, 0.4) is 0 Å². The summed E-state index contributed by atoms with van der Waals surface area (Å²) in [5.74, 6) is -0.750. The topological polar surface area (TPSA) is 64.1 Å². The minimum atomic E-state index is -0.750. The van der Waals surface area contributed by atoms with Gasteiger partial charge < -0.3 is 19.8 Å². The number of hydrogen-bond acceptors (Lipinski definition) is 3. The summed E-state index contributed by atoms with van der Waals surface area (Å²) in [6.07, 6.45) is 2.95. The number of urea groups is 1. The van der Waals surface area contributed by atoms with Crippen molar-refractivity contribution in [2.24, 2.45) is 5.41 Å². The number of piperazine rings is 1. The number of likely N-dealkylation sites (N-methyl/N-ethyl adjacent to an activating group) is 1. The lowest BCUT2D eigenvalue weighted by molar-refractivity contribution is -0.152. The van der Waals surface area contributed by atoms with Crippen molar-refractivity contribution >= 4 is 12.0 Å². The molecule has 2 aliphatic rings. The Morgan fingerprint density at radius 1 is 1.10 bits per heavy atom. The number of carboxylic acids is 1. The highest BCUT2D eigenvalue weighted by molar-refractivity contribution is 5.79. The first-order valence-corrected chi connectivity index (χ1v) is 7.94. The Kier molecular flexibility index (Phi) is 5.08. The Hall–Kier alpha value is -1.30. The van der Waals surface area contributed by atoms with Crippen molar-refractivity contribution in [1.29, 1.82) is 0 Å². The van der Waals surface area contributed by atoms with Crippen molar-refractivity contribution in [3.63, 3.8) is 0 Å². The average molecular weight is 297 g/mol. The van der Waals surface area contributed by atoms with Gasteiger partial charge in [0.1, 0.15) is 0 Å². The van der Waals surface area contributed by atoms with Gasteiger partial charge in [-0.25, -0.2) is 4.79 Å². The van der Waals surface area contributed by atoms with Gasteiger partial charge in [-0.15, -0.1) is 0 Å². The number of carbonyl (C=O) groups is 2. The maximum atomic E-state index is 12.6. The zero-order valence-corrected chi connectivity index (χ0v) is 13.2. The van der Waals surface area contributed by atoms with E-state index in [1.165, 1.54) is 0 Å². The Morgan fingerprint density at radius 3 is 2.33 bits per heavy atom. The molecule has 21 heavy (non-hydrogen) atoms. The molecule has 0 saturated carbocycles. The van der Waals surface area contributed by atoms with E-state index in [4.69, 9.17) is 0 Å². The van der Waals surface area contributed by atoms with Crippen LogP contribution in [-0.2, 0) is 4.79 Å². The van der Waals surface area contributed by atoms with Crippen LogP contribution in [0.25, 0.3) is 0 Å². The normalized spacial score (nSPS) is 27.7. The monoisotopic (exact) mass is 297 g/mol. The Balaban J connectivity index is 2.02. The van der Waals surface area contributed by atoms with Gasteiger partial charge in [-0.1, -0.05) is 13.3 Å². The molecule has 0 bridgehead atoms. The molecule has 1 N–H and O–H groups in total. The summed E-state index contributed by atoms with van der Waals surface area (Å²) in [6.45, 7) is 6.30. The minimum absolute atomic E-state index is 0.0181. The molecular weight excluding hydrogens is 270 g/mol. The van der Waals surface area contributed by atoms with Crippen LogP contribution in [-0.4, -0.2) is 78.1 Å². The van der Waals surface area contributed by atoms with Crippen molar-refractivity contribution in [1.82, 2.24) is 14.7 Å². The van der Waals surface area contributed by atoms with Gasteiger partial charge >= 0.3 is 12.0 Å². The molecule has 1 unspecified atom stereocenters. The van der Waals surface area contributed by atoms with Crippen molar-refractivity contribution in [3.05, 3.63) is 0 Å². The van der Waals surface area contributed by atoms with Crippen molar-refractivity contribution in [3.8, 4) is 0 Å². The molecule has 2 saturated heterocycles. The standard InChI is InChI=1S/C15H27N3O3/c1-3-5-15(13(19)20)6-4-7-18(12-15)14(21)17-10-8-16(2)9-11-17/h3-12H2,1-2H3,(H,19,20). The largest absolute Gasteiger partial charge is 0.481 e. The number of carbonyl (C=O) groups excluding carboxylic acids is 1. The first-order valence-electron chi connectivity index (χ1n) is 7.94. The average Bonchev–Trinajstić information content (AvgIpc) is 2.48. The van der Waals surface area contributed by atoms with Crippen LogP contribution in [0.2, 0.25) is 0 Å². The molecule has 0 aliphatic carbocycles.